The predicted octanol–water partition coefficient (Wildman–Crippen LogP) is 3.62. The molecular formula is C17H12BrN3O5. The van der Waals surface area contributed by atoms with Crippen molar-refractivity contribution < 1.29 is 19.6 Å². The van der Waals surface area contributed by atoms with Gasteiger partial charge >= 0.3 is 5.69 Å². The summed E-state index contributed by atoms with van der Waals surface area (Å²) in [5, 5.41) is 32.4. The second-order valence-corrected chi connectivity index (χ2v) is 5.83. The molecule has 0 saturated carbocycles. The van der Waals surface area contributed by atoms with Crippen LogP contribution in [-0.2, 0) is 4.79 Å². The average molecular weight is 418 g/mol. The number of hydrogen-bond donors (Lipinski definition) is 2. The smallest absolute Gasteiger partial charge is 0.312 e. The standard InChI is InChI=1S/C17H12BrN3O5/c1-26-13-4-2-12(3-5-13)20-17(23)11(9-19)6-10-7-14(18)16(22)15(8-10)21(24)25/h2-8,22H,1H3,(H,20,23). The molecule has 8 nitrogen and oxygen atoms in total. The van der Waals surface area contributed by atoms with Gasteiger partial charge in [-0.15, -0.1) is 0 Å². The summed E-state index contributed by atoms with van der Waals surface area (Å²) in [5.41, 5.74) is -0.135. The van der Waals surface area contributed by atoms with Gasteiger partial charge in [0.1, 0.15) is 17.4 Å². The van der Waals surface area contributed by atoms with Crippen molar-refractivity contribution in [2.75, 3.05) is 12.4 Å². The molecule has 2 rings (SSSR count). The van der Waals surface area contributed by atoms with Crippen molar-refractivity contribution in [3.05, 3.63) is 62.1 Å². The van der Waals surface area contributed by atoms with Crippen LogP contribution in [0.3, 0.4) is 0 Å². The van der Waals surface area contributed by atoms with Crippen LogP contribution in [0.5, 0.6) is 11.5 Å². The summed E-state index contributed by atoms with van der Waals surface area (Å²) in [5.74, 6) is -0.599. The molecule has 0 unspecified atom stereocenters. The molecule has 2 aromatic carbocycles. The van der Waals surface area contributed by atoms with Crippen LogP contribution in [0.1, 0.15) is 5.56 Å². The number of carbonyl (C=O) groups is 1. The molecule has 1 amide bonds. The molecule has 0 aliphatic rings. The third kappa shape index (κ3) is 4.37. The quantitative estimate of drug-likeness (QED) is 0.331. The first kappa shape index (κ1) is 19.0. The van der Waals surface area contributed by atoms with Gasteiger partial charge < -0.3 is 15.2 Å². The molecule has 0 aliphatic carbocycles. The lowest BCUT2D eigenvalue weighted by atomic mass is 10.1. The summed E-state index contributed by atoms with van der Waals surface area (Å²) in [7, 11) is 1.51. The number of nitro groups is 1. The third-order valence-corrected chi connectivity index (χ3v) is 3.89. The molecule has 0 atom stereocenters. The average Bonchev–Trinajstić information content (AvgIpc) is 2.62. The minimum absolute atomic E-state index is 0.0748. The van der Waals surface area contributed by atoms with E-state index in [1.807, 2.05) is 0 Å². The third-order valence-electron chi connectivity index (χ3n) is 3.29. The molecule has 2 aromatic rings. The molecule has 26 heavy (non-hydrogen) atoms. The van der Waals surface area contributed by atoms with Crippen LogP contribution >= 0.6 is 15.9 Å². The Balaban J connectivity index is 2.30. The lowest BCUT2D eigenvalue weighted by Crippen LogP contribution is -2.13. The van der Waals surface area contributed by atoms with Crippen molar-refractivity contribution in [1.82, 2.24) is 0 Å². The topological polar surface area (TPSA) is 125 Å². The summed E-state index contributed by atoms with van der Waals surface area (Å²) >= 11 is 3.00. The Morgan fingerprint density at radius 3 is 2.58 bits per heavy atom. The molecule has 9 heteroatoms. The number of nitro benzene ring substituents is 1. The highest BCUT2D eigenvalue weighted by Crippen LogP contribution is 2.35. The Hall–Kier alpha value is -3.38. The number of benzene rings is 2. The molecule has 2 N–H and O–H groups in total. The van der Waals surface area contributed by atoms with E-state index in [4.69, 9.17) is 4.74 Å². The first-order valence-electron chi connectivity index (χ1n) is 7.09. The number of amides is 1. The van der Waals surface area contributed by atoms with Crippen molar-refractivity contribution >= 4 is 39.3 Å². The van der Waals surface area contributed by atoms with Crippen molar-refractivity contribution in [2.45, 2.75) is 0 Å². The number of phenolic OH excluding ortho intramolecular Hbond substituents is 1. The molecule has 0 aliphatic heterocycles. The number of ether oxygens (including phenoxy) is 1. The molecule has 0 radical (unpaired) electrons. The lowest BCUT2D eigenvalue weighted by molar-refractivity contribution is -0.386. The summed E-state index contributed by atoms with van der Waals surface area (Å²) in [4.78, 5) is 22.4. The van der Waals surface area contributed by atoms with Crippen LogP contribution in [0.4, 0.5) is 11.4 Å². The zero-order valence-corrected chi connectivity index (χ0v) is 15.0. The lowest BCUT2D eigenvalue weighted by Gasteiger charge is -2.06. The van der Waals surface area contributed by atoms with Crippen LogP contribution in [0, 0.1) is 21.4 Å². The summed E-state index contributed by atoms with van der Waals surface area (Å²) in [6.07, 6.45) is 1.19. The Morgan fingerprint density at radius 1 is 1.38 bits per heavy atom. The van der Waals surface area contributed by atoms with Crippen LogP contribution in [0.15, 0.2) is 46.4 Å². The first-order valence-corrected chi connectivity index (χ1v) is 7.89. The van der Waals surface area contributed by atoms with Crippen LogP contribution < -0.4 is 10.1 Å². The number of hydrogen-bond acceptors (Lipinski definition) is 6. The summed E-state index contributed by atoms with van der Waals surface area (Å²) in [6, 6.07) is 10.7. The minimum Gasteiger partial charge on any atom is -0.501 e. The van der Waals surface area contributed by atoms with Crippen molar-refractivity contribution in [3.8, 4) is 17.6 Å². The Morgan fingerprint density at radius 2 is 2.04 bits per heavy atom. The number of nitriles is 1. The van der Waals surface area contributed by atoms with Gasteiger partial charge in [-0.2, -0.15) is 5.26 Å². The SMILES string of the molecule is COc1ccc(NC(=O)C(C#N)=Cc2cc(Br)c(O)c([N+](=O)[O-])c2)cc1. The van der Waals surface area contributed by atoms with E-state index < -0.39 is 22.3 Å². The van der Waals surface area contributed by atoms with Crippen molar-refractivity contribution in [3.63, 3.8) is 0 Å². The molecule has 0 heterocycles. The maximum Gasteiger partial charge on any atom is 0.312 e. The molecule has 0 spiro atoms. The largest absolute Gasteiger partial charge is 0.501 e. The Labute approximate surface area is 156 Å². The second-order valence-electron chi connectivity index (χ2n) is 4.98. The summed E-state index contributed by atoms with van der Waals surface area (Å²) < 4.78 is 5.09. The van der Waals surface area contributed by atoms with Crippen molar-refractivity contribution in [2.24, 2.45) is 0 Å². The monoisotopic (exact) mass is 417 g/mol. The van der Waals surface area contributed by atoms with E-state index in [1.54, 1.807) is 30.3 Å². The molecular weight excluding hydrogens is 406 g/mol. The van der Waals surface area contributed by atoms with Crippen LogP contribution in [-0.4, -0.2) is 23.0 Å². The first-order chi connectivity index (χ1) is 12.3. The number of halogens is 1. The van der Waals surface area contributed by atoms with E-state index in [2.05, 4.69) is 21.2 Å². The van der Waals surface area contributed by atoms with Gasteiger partial charge in [-0.3, -0.25) is 14.9 Å². The van der Waals surface area contributed by atoms with Gasteiger partial charge in [0.25, 0.3) is 5.91 Å². The number of nitrogens with one attached hydrogen (secondary N) is 1. The number of anilines is 1. The van der Waals surface area contributed by atoms with E-state index in [-0.39, 0.29) is 15.6 Å². The van der Waals surface area contributed by atoms with Crippen LogP contribution in [0.25, 0.3) is 6.08 Å². The number of phenols is 1. The highest BCUT2D eigenvalue weighted by molar-refractivity contribution is 9.10. The number of methoxy groups -OCH3 is 1. The molecule has 0 aromatic heterocycles. The van der Waals surface area contributed by atoms with Gasteiger partial charge in [0.15, 0.2) is 0 Å². The van der Waals surface area contributed by atoms with Gasteiger partial charge in [-0.25, -0.2) is 0 Å². The fraction of sp³-hybridized carbons (Fsp3) is 0.0588. The van der Waals surface area contributed by atoms with E-state index >= 15 is 0 Å². The predicted molar refractivity (Wildman–Crippen MR) is 97.7 cm³/mol. The van der Waals surface area contributed by atoms with Gasteiger partial charge in [-0.1, -0.05) is 0 Å². The molecule has 132 valence electrons. The summed E-state index contributed by atoms with van der Waals surface area (Å²) in [6.45, 7) is 0. The second kappa shape index (κ2) is 8.13. The van der Waals surface area contributed by atoms with Gasteiger partial charge in [0.05, 0.1) is 16.5 Å². The number of nitrogens with zero attached hydrogens (tertiary/aromatic N) is 2. The fourth-order valence-corrected chi connectivity index (χ4v) is 2.48. The molecule has 0 bridgehead atoms. The van der Waals surface area contributed by atoms with E-state index in [9.17, 15) is 25.3 Å². The molecule has 0 saturated heterocycles. The van der Waals surface area contributed by atoms with E-state index in [0.29, 0.717) is 11.4 Å². The maximum absolute atomic E-state index is 12.2. The Kier molecular flexibility index (Phi) is 5.93. The normalized spacial score (nSPS) is 10.7. The van der Waals surface area contributed by atoms with E-state index in [0.717, 1.165) is 6.07 Å². The maximum atomic E-state index is 12.2. The van der Waals surface area contributed by atoms with Gasteiger partial charge in [0, 0.05) is 11.8 Å². The number of carbonyl (C=O) groups excluding carboxylic acids is 1. The van der Waals surface area contributed by atoms with Gasteiger partial charge in [0.2, 0.25) is 5.75 Å². The van der Waals surface area contributed by atoms with Crippen LogP contribution in [0.2, 0.25) is 0 Å². The van der Waals surface area contributed by atoms with Crippen molar-refractivity contribution in [1.29, 1.82) is 5.26 Å². The zero-order chi connectivity index (χ0) is 19.3. The molecule has 0 fully saturated rings. The zero-order valence-electron chi connectivity index (χ0n) is 13.4. The highest BCUT2D eigenvalue weighted by atomic mass is 79.9. The van der Waals surface area contributed by atoms with E-state index in [1.165, 1.54) is 19.3 Å². The number of aromatic hydroxyl groups is 1. The number of rotatable bonds is 5. The minimum atomic E-state index is -0.763. The Bertz CT molecular complexity index is 933. The fourth-order valence-electron chi connectivity index (χ4n) is 2.02. The van der Waals surface area contributed by atoms with Gasteiger partial charge in [-0.05, 0) is 57.9 Å². The highest BCUT2D eigenvalue weighted by Gasteiger charge is 2.18.